The van der Waals surface area contributed by atoms with Crippen molar-refractivity contribution in [2.45, 2.75) is 25.9 Å². The fourth-order valence-electron chi connectivity index (χ4n) is 0.322. The highest BCUT2D eigenvalue weighted by Crippen LogP contribution is 2.11. The Balaban J connectivity index is 3.35. The highest BCUT2D eigenvalue weighted by atomic mass is 31.0. The maximum absolute atomic E-state index is 3.85. The summed E-state index contributed by atoms with van der Waals surface area (Å²) in [5.74, 6) is 0. The average Bonchev–Trinajstić information content (AvgIpc) is 1.65. The van der Waals surface area contributed by atoms with E-state index in [1.54, 1.807) is 0 Å². The quantitative estimate of drug-likeness (QED) is 0.383. The van der Waals surface area contributed by atoms with Crippen LogP contribution in [0.25, 0.3) is 0 Å². The first-order chi connectivity index (χ1) is 3.18. The van der Waals surface area contributed by atoms with Crippen LogP contribution in [-0.4, -0.2) is 5.66 Å². The number of rotatable bonds is 2. The fraction of sp³-hybridized carbons (Fsp3) is 0.667. The predicted molar refractivity (Wildman–Crippen MR) is 38.6 cm³/mol. The van der Waals surface area contributed by atoms with Gasteiger partial charge in [-0.15, -0.1) is 9.24 Å². The molecule has 0 fully saturated rings. The summed E-state index contributed by atoms with van der Waals surface area (Å²) in [5.41, 5.74) is 1.90. The molecule has 0 aromatic carbocycles. The molecular weight excluding hydrogens is 103 g/mol. The van der Waals surface area contributed by atoms with E-state index in [2.05, 4.69) is 29.7 Å². The van der Waals surface area contributed by atoms with E-state index in [4.69, 9.17) is 0 Å². The second-order valence-electron chi connectivity index (χ2n) is 1.80. The normalized spacial score (nSPS) is 13.6. The smallest absolute Gasteiger partial charge is 0.00867 e. The lowest BCUT2D eigenvalue weighted by molar-refractivity contribution is 1.00. The van der Waals surface area contributed by atoms with Crippen LogP contribution < -0.4 is 0 Å². The lowest BCUT2D eigenvalue weighted by Crippen LogP contribution is -1.90. The van der Waals surface area contributed by atoms with Crippen LogP contribution in [0.1, 0.15) is 20.3 Å². The van der Waals surface area contributed by atoms with Gasteiger partial charge in [0, 0.05) is 0 Å². The van der Waals surface area contributed by atoms with Crippen LogP contribution in [0.15, 0.2) is 12.2 Å². The van der Waals surface area contributed by atoms with Crippen molar-refractivity contribution in [3.63, 3.8) is 0 Å². The Labute approximate surface area is 48.2 Å². The van der Waals surface area contributed by atoms with Gasteiger partial charge in [-0.25, -0.2) is 0 Å². The van der Waals surface area contributed by atoms with Gasteiger partial charge in [0.05, 0.1) is 0 Å². The predicted octanol–water partition coefficient (Wildman–Crippen LogP) is 2.22. The number of hydrogen-bond donors (Lipinski definition) is 0. The van der Waals surface area contributed by atoms with Crippen molar-refractivity contribution < 1.29 is 0 Å². The molecule has 2 unspecified atom stereocenters. The molecule has 42 valence electrons. The van der Waals surface area contributed by atoms with Crippen molar-refractivity contribution in [3.05, 3.63) is 12.2 Å². The van der Waals surface area contributed by atoms with Crippen LogP contribution in [0.4, 0.5) is 0 Å². The summed E-state index contributed by atoms with van der Waals surface area (Å²) in [6.07, 6.45) is 1.10. The molecule has 0 aromatic rings. The summed E-state index contributed by atoms with van der Waals surface area (Å²) >= 11 is 0. The summed E-state index contributed by atoms with van der Waals surface area (Å²) in [4.78, 5) is 0. The van der Waals surface area contributed by atoms with Crippen molar-refractivity contribution in [2.75, 3.05) is 0 Å². The molecule has 0 aliphatic rings. The molecule has 0 saturated carbocycles. The third kappa shape index (κ3) is 2.82. The molecular formula is C6H13P. The van der Waals surface area contributed by atoms with Crippen molar-refractivity contribution in [1.82, 2.24) is 0 Å². The van der Waals surface area contributed by atoms with Crippen LogP contribution >= 0.6 is 9.24 Å². The van der Waals surface area contributed by atoms with Gasteiger partial charge in [0.1, 0.15) is 0 Å². The second kappa shape index (κ2) is 3.21. The summed E-state index contributed by atoms with van der Waals surface area (Å²) in [6, 6.07) is 0. The van der Waals surface area contributed by atoms with Gasteiger partial charge in [-0.3, -0.25) is 0 Å². The van der Waals surface area contributed by atoms with Gasteiger partial charge < -0.3 is 0 Å². The molecule has 0 aromatic heterocycles. The minimum Gasteiger partial charge on any atom is -0.130 e. The van der Waals surface area contributed by atoms with E-state index in [-0.39, 0.29) is 0 Å². The second-order valence-corrected chi connectivity index (χ2v) is 2.80. The van der Waals surface area contributed by atoms with E-state index in [1.165, 1.54) is 5.57 Å². The van der Waals surface area contributed by atoms with Crippen molar-refractivity contribution in [1.29, 1.82) is 0 Å². The third-order valence-corrected chi connectivity index (χ3v) is 1.57. The Hall–Kier alpha value is 0.170. The zero-order chi connectivity index (χ0) is 5.86. The molecule has 0 nitrogen and oxygen atoms in total. The van der Waals surface area contributed by atoms with E-state index < -0.39 is 0 Å². The molecule has 7 heavy (non-hydrogen) atoms. The molecule has 2 atom stereocenters. The first kappa shape index (κ1) is 7.17. The summed E-state index contributed by atoms with van der Waals surface area (Å²) < 4.78 is 0. The number of allylic oxidation sites excluding steroid dienone is 1. The highest BCUT2D eigenvalue weighted by molar-refractivity contribution is 7.18. The van der Waals surface area contributed by atoms with Crippen LogP contribution in [0.3, 0.4) is 0 Å². The number of hydrogen-bond acceptors (Lipinski definition) is 0. The molecule has 0 N–H and O–H groups in total. The van der Waals surface area contributed by atoms with Crippen LogP contribution in [0, 0.1) is 0 Å². The Bertz CT molecular complexity index is 64.6. The Morgan fingerprint density at radius 2 is 2.29 bits per heavy atom. The lowest BCUT2D eigenvalue weighted by Gasteiger charge is -2.02. The first-order valence-electron chi connectivity index (χ1n) is 2.61. The minimum absolute atomic E-state index is 0.588. The van der Waals surface area contributed by atoms with E-state index in [1.807, 2.05) is 0 Å². The topological polar surface area (TPSA) is 0 Å². The van der Waals surface area contributed by atoms with Crippen LogP contribution in [-0.2, 0) is 0 Å². The van der Waals surface area contributed by atoms with Gasteiger partial charge in [0.15, 0.2) is 0 Å². The maximum Gasteiger partial charge on any atom is -0.00867 e. The Morgan fingerprint density at radius 1 is 1.86 bits per heavy atom. The van der Waals surface area contributed by atoms with E-state index in [0.717, 1.165) is 6.42 Å². The van der Waals surface area contributed by atoms with E-state index in [0.29, 0.717) is 5.66 Å². The molecule has 0 heterocycles. The molecule has 0 rings (SSSR count). The van der Waals surface area contributed by atoms with Crippen molar-refractivity contribution in [2.24, 2.45) is 0 Å². The Kier molecular flexibility index (Phi) is 3.29. The zero-order valence-electron chi connectivity index (χ0n) is 5.07. The average molecular weight is 116 g/mol. The molecule has 0 amide bonds. The van der Waals surface area contributed by atoms with Gasteiger partial charge in [-0.2, -0.15) is 0 Å². The third-order valence-electron chi connectivity index (χ3n) is 1.10. The van der Waals surface area contributed by atoms with E-state index >= 15 is 0 Å². The van der Waals surface area contributed by atoms with Gasteiger partial charge in [0.2, 0.25) is 0 Å². The lowest BCUT2D eigenvalue weighted by atomic mass is 10.2. The fourth-order valence-corrected chi connectivity index (χ4v) is 0.558. The van der Waals surface area contributed by atoms with E-state index in [9.17, 15) is 0 Å². The molecule has 0 aliphatic heterocycles. The van der Waals surface area contributed by atoms with Crippen molar-refractivity contribution >= 4 is 9.24 Å². The highest BCUT2D eigenvalue weighted by Gasteiger charge is 1.93. The van der Waals surface area contributed by atoms with Crippen LogP contribution in [0.5, 0.6) is 0 Å². The molecule has 0 radical (unpaired) electrons. The summed E-state index contributed by atoms with van der Waals surface area (Å²) in [5, 5.41) is 0. The molecule has 0 saturated heterocycles. The van der Waals surface area contributed by atoms with Crippen molar-refractivity contribution in [3.8, 4) is 0 Å². The first-order valence-corrected chi connectivity index (χ1v) is 3.28. The minimum atomic E-state index is 0.588. The largest absolute Gasteiger partial charge is 0.130 e. The van der Waals surface area contributed by atoms with Crippen LogP contribution in [0.2, 0.25) is 0 Å². The maximum atomic E-state index is 3.85. The zero-order valence-corrected chi connectivity index (χ0v) is 6.22. The van der Waals surface area contributed by atoms with Gasteiger partial charge in [-0.1, -0.05) is 26.0 Å². The van der Waals surface area contributed by atoms with Gasteiger partial charge in [-0.05, 0) is 12.1 Å². The standard InChI is InChI=1S/C6H13P/c1-4-5(2)6(3)7/h6H,2,4,7H2,1,3H3. The molecule has 0 spiro atoms. The molecule has 0 aliphatic carbocycles. The molecule has 1 heteroatoms. The summed E-state index contributed by atoms with van der Waals surface area (Å²) in [6.45, 7) is 8.12. The molecule has 0 bridgehead atoms. The Morgan fingerprint density at radius 3 is 2.29 bits per heavy atom. The SMILES string of the molecule is C=C(CC)C(C)P. The van der Waals surface area contributed by atoms with Gasteiger partial charge in [0.25, 0.3) is 0 Å². The summed E-state index contributed by atoms with van der Waals surface area (Å²) in [7, 11) is 2.72. The monoisotopic (exact) mass is 116 g/mol. The van der Waals surface area contributed by atoms with Gasteiger partial charge >= 0.3 is 0 Å².